The van der Waals surface area contributed by atoms with Gasteiger partial charge in [0.15, 0.2) is 0 Å². The molecule has 2 aliphatic heterocycles. The van der Waals surface area contributed by atoms with Gasteiger partial charge in [-0.05, 0) is 6.92 Å². The third kappa shape index (κ3) is 2.02. The first kappa shape index (κ1) is 9.40. The normalized spacial score (nSPS) is 42.5. The average Bonchev–Trinajstić information content (AvgIpc) is 2.51. The first-order chi connectivity index (χ1) is 6.27. The Kier molecular flexibility index (Phi) is 2.83. The highest BCUT2D eigenvalue weighted by Gasteiger charge is 2.32. The van der Waals surface area contributed by atoms with Crippen molar-refractivity contribution in [2.75, 3.05) is 32.8 Å². The van der Waals surface area contributed by atoms with Crippen LogP contribution in [0.15, 0.2) is 0 Å². The number of rotatable bonds is 1. The van der Waals surface area contributed by atoms with Crippen molar-refractivity contribution in [3.8, 4) is 0 Å². The van der Waals surface area contributed by atoms with Gasteiger partial charge in [0.25, 0.3) is 0 Å². The molecule has 0 saturated carbocycles. The summed E-state index contributed by atoms with van der Waals surface area (Å²) in [4.78, 5) is 2.33. The van der Waals surface area contributed by atoms with E-state index in [2.05, 4.69) is 17.1 Å². The molecule has 0 amide bonds. The van der Waals surface area contributed by atoms with E-state index in [4.69, 9.17) is 4.74 Å². The summed E-state index contributed by atoms with van der Waals surface area (Å²) in [7, 11) is 0. The number of hydrogen-bond donors (Lipinski definition) is 2. The molecule has 0 aromatic carbocycles. The fourth-order valence-corrected chi connectivity index (χ4v) is 2.17. The molecule has 4 nitrogen and oxygen atoms in total. The number of β-amino-alcohol motifs (C(OH)–C–C–N with tert-alkyl or cyclic N) is 1. The van der Waals surface area contributed by atoms with Crippen LogP contribution in [0.2, 0.25) is 0 Å². The molecule has 0 radical (unpaired) electrons. The Hall–Kier alpha value is -0.160. The predicted octanol–water partition coefficient (Wildman–Crippen LogP) is -0.960. The topological polar surface area (TPSA) is 44.7 Å². The van der Waals surface area contributed by atoms with Gasteiger partial charge in [-0.25, -0.2) is 0 Å². The van der Waals surface area contributed by atoms with Gasteiger partial charge in [-0.15, -0.1) is 0 Å². The molecule has 0 spiro atoms. The largest absolute Gasteiger partial charge is 0.390 e. The quantitative estimate of drug-likeness (QED) is 0.553. The van der Waals surface area contributed by atoms with Crippen LogP contribution in [-0.2, 0) is 4.74 Å². The molecule has 2 saturated heterocycles. The summed E-state index contributed by atoms with van der Waals surface area (Å²) in [6.07, 6.45) is 0.104. The first-order valence-corrected chi connectivity index (χ1v) is 5.02. The van der Waals surface area contributed by atoms with E-state index in [0.29, 0.717) is 12.1 Å². The van der Waals surface area contributed by atoms with Gasteiger partial charge in [0, 0.05) is 32.2 Å². The van der Waals surface area contributed by atoms with Crippen LogP contribution in [0, 0.1) is 0 Å². The molecule has 0 aromatic rings. The second-order valence-electron chi connectivity index (χ2n) is 3.97. The van der Waals surface area contributed by atoms with Crippen molar-refractivity contribution in [1.82, 2.24) is 10.2 Å². The maximum Gasteiger partial charge on any atom is 0.0831 e. The molecule has 0 aliphatic carbocycles. The zero-order chi connectivity index (χ0) is 9.26. The van der Waals surface area contributed by atoms with E-state index in [1.165, 1.54) is 0 Å². The van der Waals surface area contributed by atoms with Crippen molar-refractivity contribution in [2.45, 2.75) is 25.2 Å². The zero-order valence-electron chi connectivity index (χ0n) is 8.07. The summed E-state index contributed by atoms with van der Waals surface area (Å²) in [6, 6.07) is 0.298. The Morgan fingerprint density at radius 3 is 2.92 bits per heavy atom. The molecule has 76 valence electrons. The molecule has 0 aromatic heterocycles. The molecule has 4 heteroatoms. The lowest BCUT2D eigenvalue weighted by Gasteiger charge is -2.36. The Bertz CT molecular complexity index is 177. The van der Waals surface area contributed by atoms with Crippen LogP contribution in [0.5, 0.6) is 0 Å². The van der Waals surface area contributed by atoms with E-state index < -0.39 is 0 Å². The maximum absolute atomic E-state index is 9.68. The van der Waals surface area contributed by atoms with Crippen molar-refractivity contribution in [2.24, 2.45) is 0 Å². The van der Waals surface area contributed by atoms with Crippen molar-refractivity contribution < 1.29 is 9.84 Å². The van der Waals surface area contributed by atoms with Crippen molar-refractivity contribution in [3.05, 3.63) is 0 Å². The van der Waals surface area contributed by atoms with Gasteiger partial charge in [-0.2, -0.15) is 0 Å². The van der Waals surface area contributed by atoms with Gasteiger partial charge < -0.3 is 15.2 Å². The van der Waals surface area contributed by atoms with Crippen LogP contribution >= 0.6 is 0 Å². The minimum absolute atomic E-state index is 0.203. The molecule has 2 aliphatic rings. The second kappa shape index (κ2) is 3.92. The number of hydrogen-bond acceptors (Lipinski definition) is 4. The monoisotopic (exact) mass is 186 g/mol. The summed E-state index contributed by atoms with van der Waals surface area (Å²) >= 11 is 0. The van der Waals surface area contributed by atoms with Crippen LogP contribution in [0.25, 0.3) is 0 Å². The Morgan fingerprint density at radius 1 is 1.46 bits per heavy atom. The van der Waals surface area contributed by atoms with Gasteiger partial charge in [0.1, 0.15) is 0 Å². The number of nitrogens with one attached hydrogen (secondary N) is 1. The maximum atomic E-state index is 9.68. The third-order valence-corrected chi connectivity index (χ3v) is 2.89. The Morgan fingerprint density at radius 2 is 2.31 bits per heavy atom. The van der Waals surface area contributed by atoms with Crippen LogP contribution in [-0.4, -0.2) is 61.0 Å². The fraction of sp³-hybridized carbons (Fsp3) is 1.00. The van der Waals surface area contributed by atoms with E-state index in [0.717, 1.165) is 32.8 Å². The number of ether oxygens (including phenoxy) is 1. The Balaban J connectivity index is 1.91. The zero-order valence-corrected chi connectivity index (χ0v) is 8.07. The van der Waals surface area contributed by atoms with Crippen molar-refractivity contribution in [3.63, 3.8) is 0 Å². The summed E-state index contributed by atoms with van der Waals surface area (Å²) in [5.41, 5.74) is 0. The summed E-state index contributed by atoms with van der Waals surface area (Å²) < 4.78 is 5.46. The predicted molar refractivity (Wildman–Crippen MR) is 49.7 cm³/mol. The van der Waals surface area contributed by atoms with Crippen molar-refractivity contribution in [1.29, 1.82) is 0 Å². The smallest absolute Gasteiger partial charge is 0.0831 e. The molecular weight excluding hydrogens is 168 g/mol. The lowest BCUT2D eigenvalue weighted by molar-refractivity contribution is -0.0472. The molecule has 2 heterocycles. The minimum atomic E-state index is -0.203. The molecular formula is C9H18N2O2. The van der Waals surface area contributed by atoms with E-state index in [-0.39, 0.29) is 6.10 Å². The van der Waals surface area contributed by atoms with Crippen LogP contribution in [0.3, 0.4) is 0 Å². The minimum Gasteiger partial charge on any atom is -0.390 e. The first-order valence-electron chi connectivity index (χ1n) is 5.02. The SMILES string of the molecule is CC1CN([C@@H]2CNC[C@H]2O)CCO1. The second-order valence-corrected chi connectivity index (χ2v) is 3.97. The van der Waals surface area contributed by atoms with Crippen LogP contribution in [0.1, 0.15) is 6.92 Å². The van der Waals surface area contributed by atoms with Gasteiger partial charge in [-0.3, -0.25) is 4.90 Å². The summed E-state index contributed by atoms with van der Waals surface area (Å²) in [5.74, 6) is 0. The summed E-state index contributed by atoms with van der Waals surface area (Å²) in [5, 5.41) is 12.9. The third-order valence-electron chi connectivity index (χ3n) is 2.89. The molecule has 2 rings (SSSR count). The van der Waals surface area contributed by atoms with Gasteiger partial charge >= 0.3 is 0 Å². The number of aliphatic hydroxyl groups excluding tert-OH is 1. The highest BCUT2D eigenvalue weighted by Crippen LogP contribution is 2.13. The lowest BCUT2D eigenvalue weighted by Crippen LogP contribution is -2.51. The van der Waals surface area contributed by atoms with E-state index in [1.54, 1.807) is 0 Å². The highest BCUT2D eigenvalue weighted by atomic mass is 16.5. The fourth-order valence-electron chi connectivity index (χ4n) is 2.17. The molecule has 1 unspecified atom stereocenters. The molecule has 2 N–H and O–H groups in total. The number of morpholine rings is 1. The average molecular weight is 186 g/mol. The summed E-state index contributed by atoms with van der Waals surface area (Å²) in [6.45, 7) is 6.42. The highest BCUT2D eigenvalue weighted by molar-refractivity contribution is 4.90. The van der Waals surface area contributed by atoms with E-state index >= 15 is 0 Å². The molecule has 0 bridgehead atoms. The number of aliphatic hydroxyl groups is 1. The van der Waals surface area contributed by atoms with Crippen LogP contribution in [0.4, 0.5) is 0 Å². The van der Waals surface area contributed by atoms with Gasteiger partial charge in [-0.1, -0.05) is 0 Å². The van der Waals surface area contributed by atoms with Crippen molar-refractivity contribution >= 4 is 0 Å². The molecule has 3 atom stereocenters. The van der Waals surface area contributed by atoms with E-state index in [1.807, 2.05) is 0 Å². The Labute approximate surface area is 78.9 Å². The van der Waals surface area contributed by atoms with Gasteiger partial charge in [0.2, 0.25) is 0 Å². The van der Waals surface area contributed by atoms with E-state index in [9.17, 15) is 5.11 Å². The van der Waals surface area contributed by atoms with Gasteiger partial charge in [0.05, 0.1) is 18.8 Å². The molecule has 13 heavy (non-hydrogen) atoms. The lowest BCUT2D eigenvalue weighted by atomic mass is 10.1. The number of nitrogens with zero attached hydrogens (tertiary/aromatic N) is 1. The standard InChI is InChI=1S/C9H18N2O2/c1-7-6-11(2-3-13-7)8-4-10-5-9(8)12/h7-10,12H,2-6H2,1H3/t7?,8-,9-/m1/s1. The van der Waals surface area contributed by atoms with Crippen LogP contribution < -0.4 is 5.32 Å². The molecule has 2 fully saturated rings.